The molecule has 1 fully saturated rings. The molecule has 10 heteroatoms. The van der Waals surface area contributed by atoms with Gasteiger partial charge in [0.15, 0.2) is 0 Å². The molecule has 0 radical (unpaired) electrons. The lowest BCUT2D eigenvalue weighted by Crippen LogP contribution is -2.44. The molecule has 2 aromatic carbocycles. The molecular formula is C34H46N2O8. The van der Waals surface area contributed by atoms with Gasteiger partial charge >= 0.3 is 24.1 Å². The van der Waals surface area contributed by atoms with Crippen molar-refractivity contribution in [3.8, 4) is 0 Å². The molecule has 2 aromatic rings. The molecule has 0 heterocycles. The van der Waals surface area contributed by atoms with Crippen LogP contribution in [0.15, 0.2) is 60.7 Å². The van der Waals surface area contributed by atoms with Crippen LogP contribution in [0.25, 0.3) is 0 Å². The molecule has 240 valence electrons. The highest BCUT2D eigenvalue weighted by Gasteiger charge is 2.42. The SMILES string of the molecule is CC1(C)CC(CC(=O)OCCNC(=O)OCc2ccccc2)CC(C)(CNC(=O)OCCCC(=O)OCc2ccccc2)C1. The van der Waals surface area contributed by atoms with E-state index >= 15 is 0 Å². The Morgan fingerprint density at radius 1 is 0.727 bits per heavy atom. The number of nitrogens with one attached hydrogen (secondary N) is 2. The van der Waals surface area contributed by atoms with Gasteiger partial charge in [-0.25, -0.2) is 9.59 Å². The summed E-state index contributed by atoms with van der Waals surface area (Å²) in [7, 11) is 0. The molecule has 0 bridgehead atoms. The zero-order valence-corrected chi connectivity index (χ0v) is 26.1. The van der Waals surface area contributed by atoms with E-state index < -0.39 is 12.2 Å². The van der Waals surface area contributed by atoms with Crippen molar-refractivity contribution in [1.82, 2.24) is 10.6 Å². The molecule has 0 aliphatic heterocycles. The van der Waals surface area contributed by atoms with E-state index in [2.05, 4.69) is 31.4 Å². The van der Waals surface area contributed by atoms with Crippen molar-refractivity contribution in [2.45, 2.75) is 72.5 Å². The number of amides is 2. The van der Waals surface area contributed by atoms with Crippen molar-refractivity contribution in [1.29, 1.82) is 0 Å². The van der Waals surface area contributed by atoms with Gasteiger partial charge in [-0.1, -0.05) is 81.4 Å². The van der Waals surface area contributed by atoms with Crippen molar-refractivity contribution in [3.63, 3.8) is 0 Å². The van der Waals surface area contributed by atoms with Gasteiger partial charge in [0.2, 0.25) is 0 Å². The Morgan fingerprint density at radius 3 is 2.00 bits per heavy atom. The van der Waals surface area contributed by atoms with Crippen LogP contribution in [0.2, 0.25) is 0 Å². The number of carbonyl (C=O) groups is 4. The number of alkyl carbamates (subject to hydrolysis) is 2. The van der Waals surface area contributed by atoms with Gasteiger partial charge in [-0.2, -0.15) is 0 Å². The third kappa shape index (κ3) is 13.5. The van der Waals surface area contributed by atoms with Gasteiger partial charge in [-0.05, 0) is 53.6 Å². The fourth-order valence-corrected chi connectivity index (χ4v) is 6.04. The second kappa shape index (κ2) is 17.3. The molecule has 44 heavy (non-hydrogen) atoms. The van der Waals surface area contributed by atoms with E-state index in [1.165, 1.54) is 0 Å². The van der Waals surface area contributed by atoms with Gasteiger partial charge in [0, 0.05) is 19.4 Å². The highest BCUT2D eigenvalue weighted by atomic mass is 16.6. The maximum absolute atomic E-state index is 12.6. The molecule has 3 rings (SSSR count). The fourth-order valence-electron chi connectivity index (χ4n) is 6.04. The predicted molar refractivity (Wildman–Crippen MR) is 164 cm³/mol. The van der Waals surface area contributed by atoms with Crippen LogP contribution >= 0.6 is 0 Å². The van der Waals surface area contributed by atoms with E-state index in [4.69, 9.17) is 18.9 Å². The average Bonchev–Trinajstić information content (AvgIpc) is 2.98. The van der Waals surface area contributed by atoms with Gasteiger partial charge in [-0.3, -0.25) is 9.59 Å². The first-order valence-corrected chi connectivity index (χ1v) is 15.2. The van der Waals surface area contributed by atoms with Crippen LogP contribution in [-0.4, -0.2) is 50.4 Å². The maximum atomic E-state index is 12.6. The van der Waals surface area contributed by atoms with Crippen molar-refractivity contribution in [2.75, 3.05) is 26.3 Å². The summed E-state index contributed by atoms with van der Waals surface area (Å²) in [6.45, 7) is 7.58. The van der Waals surface area contributed by atoms with E-state index in [0.29, 0.717) is 13.0 Å². The van der Waals surface area contributed by atoms with Gasteiger partial charge in [0.1, 0.15) is 19.8 Å². The molecule has 1 aliphatic carbocycles. The summed E-state index contributed by atoms with van der Waals surface area (Å²) in [5.41, 5.74) is 1.56. The van der Waals surface area contributed by atoms with Crippen LogP contribution < -0.4 is 10.6 Å². The van der Waals surface area contributed by atoms with Crippen LogP contribution in [0.4, 0.5) is 9.59 Å². The number of esters is 2. The Kier molecular flexibility index (Phi) is 13.5. The molecule has 2 atom stereocenters. The number of ether oxygens (including phenoxy) is 4. The first-order valence-electron chi connectivity index (χ1n) is 15.2. The Labute approximate surface area is 260 Å². The Morgan fingerprint density at radius 2 is 1.34 bits per heavy atom. The minimum absolute atomic E-state index is 0.0201. The fraction of sp³-hybridized carbons (Fsp3) is 0.529. The molecule has 10 nitrogen and oxygen atoms in total. The summed E-state index contributed by atoms with van der Waals surface area (Å²) in [5.74, 6) is -0.555. The first-order chi connectivity index (χ1) is 21.0. The molecule has 2 unspecified atom stereocenters. The molecule has 0 aromatic heterocycles. The Balaban J connectivity index is 1.29. The third-order valence-electron chi connectivity index (χ3n) is 7.49. The van der Waals surface area contributed by atoms with E-state index in [1.807, 2.05) is 60.7 Å². The maximum Gasteiger partial charge on any atom is 0.407 e. The second-order valence-electron chi connectivity index (χ2n) is 12.6. The lowest BCUT2D eigenvalue weighted by Gasteiger charge is -2.46. The minimum atomic E-state index is -0.568. The summed E-state index contributed by atoms with van der Waals surface area (Å²) in [6.07, 6.45) is 2.21. The molecule has 2 amide bonds. The summed E-state index contributed by atoms with van der Waals surface area (Å²) in [4.78, 5) is 48.7. The highest BCUT2D eigenvalue weighted by molar-refractivity contribution is 5.70. The summed E-state index contributed by atoms with van der Waals surface area (Å²) >= 11 is 0. The van der Waals surface area contributed by atoms with E-state index in [9.17, 15) is 19.2 Å². The number of rotatable bonds is 15. The topological polar surface area (TPSA) is 129 Å². The molecule has 0 spiro atoms. The average molecular weight is 611 g/mol. The van der Waals surface area contributed by atoms with Crippen LogP contribution in [0.5, 0.6) is 0 Å². The largest absolute Gasteiger partial charge is 0.464 e. The van der Waals surface area contributed by atoms with Crippen LogP contribution in [0.1, 0.15) is 70.4 Å². The third-order valence-corrected chi connectivity index (χ3v) is 7.49. The van der Waals surface area contributed by atoms with Gasteiger partial charge in [0.05, 0.1) is 13.2 Å². The Bertz CT molecular complexity index is 1200. The highest BCUT2D eigenvalue weighted by Crippen LogP contribution is 2.49. The predicted octanol–water partition coefficient (Wildman–Crippen LogP) is 5.93. The summed E-state index contributed by atoms with van der Waals surface area (Å²) in [5, 5.41) is 5.45. The lowest BCUT2D eigenvalue weighted by molar-refractivity contribution is -0.146. The minimum Gasteiger partial charge on any atom is -0.464 e. The summed E-state index contributed by atoms with van der Waals surface area (Å²) in [6, 6.07) is 18.8. The smallest absolute Gasteiger partial charge is 0.407 e. The number of hydrogen-bond donors (Lipinski definition) is 2. The lowest BCUT2D eigenvalue weighted by atomic mass is 9.60. The van der Waals surface area contributed by atoms with Gasteiger partial charge in [-0.15, -0.1) is 0 Å². The van der Waals surface area contributed by atoms with Crippen molar-refractivity contribution in [2.24, 2.45) is 16.7 Å². The van der Waals surface area contributed by atoms with E-state index in [0.717, 1.165) is 30.4 Å². The van der Waals surface area contributed by atoms with E-state index in [1.54, 1.807) is 0 Å². The van der Waals surface area contributed by atoms with Gasteiger partial charge < -0.3 is 29.6 Å². The first kappa shape index (κ1) is 34.4. The number of carbonyl (C=O) groups excluding carboxylic acids is 4. The normalized spacial score (nSPS) is 18.8. The van der Waals surface area contributed by atoms with Gasteiger partial charge in [0.25, 0.3) is 0 Å². The standard InChI is InChI=1S/C34H46N2O8/c1-33(2)20-28(19-30(38)41-18-16-35-31(39)44-23-27-13-8-5-9-14-27)21-34(3,24-33)25-36-32(40)42-17-10-15-29(37)43-22-26-11-6-4-7-12-26/h4-9,11-14,28H,10,15-25H2,1-3H3,(H,35,39)(H,36,40). The van der Waals surface area contributed by atoms with E-state index in [-0.39, 0.29) is 74.5 Å². The van der Waals surface area contributed by atoms with Crippen LogP contribution in [-0.2, 0) is 41.8 Å². The zero-order chi connectivity index (χ0) is 31.8. The van der Waals surface area contributed by atoms with Crippen molar-refractivity contribution in [3.05, 3.63) is 71.8 Å². The molecule has 1 aliphatic rings. The molecular weight excluding hydrogens is 564 g/mol. The molecule has 2 N–H and O–H groups in total. The van der Waals surface area contributed by atoms with Crippen molar-refractivity contribution >= 4 is 24.1 Å². The van der Waals surface area contributed by atoms with Crippen LogP contribution in [0.3, 0.4) is 0 Å². The summed E-state index contributed by atoms with van der Waals surface area (Å²) < 4.78 is 21.0. The monoisotopic (exact) mass is 610 g/mol. The second-order valence-corrected chi connectivity index (χ2v) is 12.6. The van der Waals surface area contributed by atoms with Crippen molar-refractivity contribution < 1.29 is 38.1 Å². The number of hydrogen-bond acceptors (Lipinski definition) is 8. The quantitative estimate of drug-likeness (QED) is 0.144. The van der Waals surface area contributed by atoms with Crippen LogP contribution in [0, 0.1) is 16.7 Å². The molecule has 0 saturated heterocycles. The molecule has 1 saturated carbocycles. The Hall–Kier alpha value is -4.08. The zero-order valence-electron chi connectivity index (χ0n) is 26.1. The number of benzene rings is 2.